The van der Waals surface area contributed by atoms with Gasteiger partial charge in [-0.3, -0.25) is 0 Å². The molecule has 0 saturated heterocycles. The maximum absolute atomic E-state index is 12.5. The molecule has 0 aromatic heterocycles. The third-order valence-electron chi connectivity index (χ3n) is 0.996. The molecule has 0 heterocycles. The Labute approximate surface area is 58.1 Å². The van der Waals surface area contributed by atoms with Gasteiger partial charge >= 0.3 is 0 Å². The summed E-state index contributed by atoms with van der Waals surface area (Å²) in [5.41, 5.74) is 0. The molecule has 0 unspecified atom stereocenters. The van der Waals surface area contributed by atoms with Gasteiger partial charge in [-0.25, -0.2) is 4.39 Å². The first-order chi connectivity index (χ1) is 4.34. The van der Waals surface area contributed by atoms with Crippen LogP contribution in [-0.4, -0.2) is 6.26 Å². The van der Waals surface area contributed by atoms with Gasteiger partial charge in [-0.15, -0.1) is 11.8 Å². The molecule has 9 heavy (non-hydrogen) atoms. The average molecular weight is 141 g/mol. The number of hydrogen-bond donors (Lipinski definition) is 0. The molecule has 0 aliphatic heterocycles. The van der Waals surface area contributed by atoms with Gasteiger partial charge in [0.15, 0.2) is 0 Å². The normalized spacial score (nSPS) is 9.56. The standard InChI is InChI=1S/C7H6FS/c1-9-7-5-3-2-4-6(7)8/h2,4-5H,1H3. The van der Waals surface area contributed by atoms with E-state index >= 15 is 0 Å². The fourth-order valence-electron chi connectivity index (χ4n) is 0.553. The Bertz CT molecular complexity index is 198. The molecule has 0 fully saturated rings. The summed E-state index contributed by atoms with van der Waals surface area (Å²) in [4.78, 5) is 0.650. The van der Waals surface area contributed by atoms with Gasteiger partial charge in [-0.2, -0.15) is 0 Å². The highest BCUT2D eigenvalue weighted by molar-refractivity contribution is 7.98. The topological polar surface area (TPSA) is 0 Å². The van der Waals surface area contributed by atoms with E-state index in [2.05, 4.69) is 6.07 Å². The van der Waals surface area contributed by atoms with Crippen LogP contribution < -0.4 is 0 Å². The van der Waals surface area contributed by atoms with E-state index < -0.39 is 0 Å². The Morgan fingerprint density at radius 1 is 1.67 bits per heavy atom. The van der Waals surface area contributed by atoms with E-state index in [-0.39, 0.29) is 5.82 Å². The van der Waals surface area contributed by atoms with Gasteiger partial charge in [0.05, 0.1) is 0 Å². The number of thioether (sulfide) groups is 1. The molecular formula is C7H6FS. The summed E-state index contributed by atoms with van der Waals surface area (Å²) in [5, 5.41) is 0. The quantitative estimate of drug-likeness (QED) is 0.541. The lowest BCUT2D eigenvalue weighted by atomic mass is 10.4. The van der Waals surface area contributed by atoms with Crippen molar-refractivity contribution in [2.75, 3.05) is 6.26 Å². The van der Waals surface area contributed by atoms with E-state index in [9.17, 15) is 4.39 Å². The molecule has 1 rings (SSSR count). The maximum atomic E-state index is 12.5. The van der Waals surface area contributed by atoms with E-state index in [0.29, 0.717) is 4.90 Å². The predicted molar refractivity (Wildman–Crippen MR) is 37.0 cm³/mol. The first-order valence-corrected chi connectivity index (χ1v) is 3.76. The van der Waals surface area contributed by atoms with Crippen molar-refractivity contribution in [3.05, 3.63) is 30.1 Å². The van der Waals surface area contributed by atoms with Crippen LogP contribution in [0.3, 0.4) is 0 Å². The number of benzene rings is 1. The predicted octanol–water partition coefficient (Wildman–Crippen LogP) is 2.35. The highest BCUT2D eigenvalue weighted by Gasteiger charge is 1.94. The highest BCUT2D eigenvalue weighted by atomic mass is 32.2. The van der Waals surface area contributed by atoms with Crippen molar-refractivity contribution in [1.29, 1.82) is 0 Å². The number of rotatable bonds is 1. The second-order valence-electron chi connectivity index (χ2n) is 1.56. The van der Waals surface area contributed by atoms with Crippen LogP contribution in [0, 0.1) is 11.9 Å². The summed E-state index contributed by atoms with van der Waals surface area (Å²) in [7, 11) is 0. The van der Waals surface area contributed by atoms with Crippen LogP contribution in [0.25, 0.3) is 0 Å². The fourth-order valence-corrected chi connectivity index (χ4v) is 1.00. The Kier molecular flexibility index (Phi) is 2.11. The van der Waals surface area contributed by atoms with Crippen LogP contribution in [0.4, 0.5) is 4.39 Å². The van der Waals surface area contributed by atoms with Crippen molar-refractivity contribution < 1.29 is 4.39 Å². The largest absolute Gasteiger partial charge is 0.206 e. The summed E-state index contributed by atoms with van der Waals surface area (Å²) >= 11 is 1.39. The smallest absolute Gasteiger partial charge is 0.136 e. The molecule has 1 aromatic carbocycles. The SMILES string of the molecule is CSc1c[c]ccc1F. The van der Waals surface area contributed by atoms with Crippen molar-refractivity contribution >= 4 is 11.8 Å². The zero-order valence-corrected chi connectivity index (χ0v) is 5.83. The minimum atomic E-state index is -0.166. The average Bonchev–Trinajstić information content (AvgIpc) is 1.89. The molecule has 0 bridgehead atoms. The first-order valence-electron chi connectivity index (χ1n) is 2.54. The zero-order chi connectivity index (χ0) is 6.69. The summed E-state index contributed by atoms with van der Waals surface area (Å²) in [6, 6.07) is 7.40. The molecule has 0 N–H and O–H groups in total. The third-order valence-corrected chi connectivity index (χ3v) is 1.75. The number of halogens is 1. The fraction of sp³-hybridized carbons (Fsp3) is 0.143. The van der Waals surface area contributed by atoms with Crippen molar-refractivity contribution in [2.45, 2.75) is 4.90 Å². The molecule has 0 saturated carbocycles. The van der Waals surface area contributed by atoms with Gasteiger partial charge in [-0.05, 0) is 24.5 Å². The van der Waals surface area contributed by atoms with Crippen LogP contribution in [0.2, 0.25) is 0 Å². The molecule has 47 valence electrons. The van der Waals surface area contributed by atoms with Gasteiger partial charge < -0.3 is 0 Å². The molecule has 1 radical (unpaired) electrons. The lowest BCUT2D eigenvalue weighted by Gasteiger charge is -1.93. The highest BCUT2D eigenvalue weighted by Crippen LogP contribution is 2.16. The maximum Gasteiger partial charge on any atom is 0.136 e. The monoisotopic (exact) mass is 141 g/mol. The Morgan fingerprint density at radius 2 is 2.44 bits per heavy atom. The van der Waals surface area contributed by atoms with Crippen molar-refractivity contribution in [2.24, 2.45) is 0 Å². The summed E-state index contributed by atoms with van der Waals surface area (Å²) in [6.07, 6.45) is 1.84. The summed E-state index contributed by atoms with van der Waals surface area (Å²) in [6.45, 7) is 0. The van der Waals surface area contributed by atoms with Crippen molar-refractivity contribution in [3.63, 3.8) is 0 Å². The third kappa shape index (κ3) is 1.45. The van der Waals surface area contributed by atoms with E-state index in [0.717, 1.165) is 0 Å². The molecule has 0 atom stereocenters. The summed E-state index contributed by atoms with van der Waals surface area (Å²) in [5.74, 6) is -0.166. The molecule has 0 amide bonds. The van der Waals surface area contributed by atoms with Crippen LogP contribution in [0.1, 0.15) is 0 Å². The molecular weight excluding hydrogens is 135 g/mol. The molecule has 0 spiro atoms. The van der Waals surface area contributed by atoms with Crippen LogP contribution in [0.15, 0.2) is 23.1 Å². The molecule has 0 aliphatic rings. The second-order valence-corrected chi connectivity index (χ2v) is 2.41. The molecule has 1 aromatic rings. The van der Waals surface area contributed by atoms with E-state index in [4.69, 9.17) is 0 Å². The van der Waals surface area contributed by atoms with Gasteiger partial charge in [0.1, 0.15) is 5.82 Å². The Balaban J connectivity index is 3.01. The van der Waals surface area contributed by atoms with Crippen LogP contribution >= 0.6 is 11.8 Å². The minimum absolute atomic E-state index is 0.166. The van der Waals surface area contributed by atoms with E-state index in [1.165, 1.54) is 17.8 Å². The van der Waals surface area contributed by atoms with E-state index in [1.807, 2.05) is 6.26 Å². The molecule has 0 aliphatic carbocycles. The number of hydrogen-bond acceptors (Lipinski definition) is 1. The van der Waals surface area contributed by atoms with Gasteiger partial charge in [0.25, 0.3) is 0 Å². The Hall–Kier alpha value is -0.500. The van der Waals surface area contributed by atoms with E-state index in [1.54, 1.807) is 12.1 Å². The van der Waals surface area contributed by atoms with Gasteiger partial charge in [0.2, 0.25) is 0 Å². The molecule has 0 nitrogen and oxygen atoms in total. The zero-order valence-electron chi connectivity index (χ0n) is 5.02. The molecule has 2 heteroatoms. The van der Waals surface area contributed by atoms with Gasteiger partial charge in [0, 0.05) is 4.90 Å². The first kappa shape index (κ1) is 6.62. The van der Waals surface area contributed by atoms with Crippen LogP contribution in [-0.2, 0) is 0 Å². The lowest BCUT2D eigenvalue weighted by Crippen LogP contribution is -1.75. The van der Waals surface area contributed by atoms with Crippen LogP contribution in [0.5, 0.6) is 0 Å². The van der Waals surface area contributed by atoms with Crippen molar-refractivity contribution in [3.8, 4) is 0 Å². The minimum Gasteiger partial charge on any atom is -0.206 e. The Morgan fingerprint density at radius 3 is 2.89 bits per heavy atom. The lowest BCUT2D eigenvalue weighted by molar-refractivity contribution is 0.602. The second kappa shape index (κ2) is 2.87. The van der Waals surface area contributed by atoms with Crippen molar-refractivity contribution in [1.82, 2.24) is 0 Å². The van der Waals surface area contributed by atoms with Gasteiger partial charge in [-0.1, -0.05) is 6.07 Å². The summed E-state index contributed by atoms with van der Waals surface area (Å²) < 4.78 is 12.5.